The lowest BCUT2D eigenvalue weighted by Gasteiger charge is -2.49. The van der Waals surface area contributed by atoms with Gasteiger partial charge in [-0.2, -0.15) is 0 Å². The van der Waals surface area contributed by atoms with Crippen LogP contribution in [0.3, 0.4) is 0 Å². The number of para-hydroxylation sites is 1. The molecule has 2 saturated heterocycles. The number of rotatable bonds is 5. The molecule has 4 aliphatic rings. The molecule has 0 bridgehead atoms. The highest BCUT2D eigenvalue weighted by atomic mass is 28.3. The Morgan fingerprint density at radius 1 is 1.15 bits per heavy atom. The number of benzene rings is 1. The molecule has 3 nitrogen and oxygen atoms in total. The number of ether oxygens (including phenoxy) is 1. The molecule has 1 aliphatic carbocycles. The summed E-state index contributed by atoms with van der Waals surface area (Å²) in [5.41, 5.74) is 3.29. The van der Waals surface area contributed by atoms with Gasteiger partial charge in [0.1, 0.15) is 6.73 Å². The summed E-state index contributed by atoms with van der Waals surface area (Å²) in [6, 6.07) is 11.6. The van der Waals surface area contributed by atoms with Crippen molar-refractivity contribution in [2.45, 2.75) is 62.4 Å². The first-order chi connectivity index (χ1) is 13.0. The molecular weight excluding hydrogens is 348 g/mol. The van der Waals surface area contributed by atoms with Crippen molar-refractivity contribution in [1.82, 2.24) is 4.90 Å². The lowest BCUT2D eigenvalue weighted by atomic mass is 9.62. The normalized spacial score (nSPS) is 34.5. The monoisotopic (exact) mass is 382 g/mol. The van der Waals surface area contributed by atoms with Crippen LogP contribution in [0.1, 0.15) is 24.8 Å². The molecule has 27 heavy (non-hydrogen) atoms. The Balaban J connectivity index is 1.46. The van der Waals surface area contributed by atoms with Gasteiger partial charge in [-0.25, -0.2) is 0 Å². The van der Waals surface area contributed by atoms with Crippen LogP contribution in [0.2, 0.25) is 25.7 Å². The van der Waals surface area contributed by atoms with Crippen molar-refractivity contribution in [2.75, 3.05) is 31.3 Å². The molecule has 3 aliphatic heterocycles. The van der Waals surface area contributed by atoms with Crippen LogP contribution in [-0.2, 0) is 10.2 Å². The van der Waals surface area contributed by atoms with Gasteiger partial charge in [0.25, 0.3) is 0 Å². The number of nitrogens with zero attached hydrogens (tertiary/aromatic N) is 2. The zero-order valence-electron chi connectivity index (χ0n) is 17.2. The third-order valence-electron chi connectivity index (χ3n) is 7.47. The van der Waals surface area contributed by atoms with E-state index in [0.29, 0.717) is 12.1 Å². The molecule has 2 fully saturated rings. The van der Waals surface area contributed by atoms with E-state index >= 15 is 0 Å². The number of anilines is 1. The largest absolute Gasteiger partial charge is 0.361 e. The van der Waals surface area contributed by atoms with Crippen molar-refractivity contribution in [1.29, 1.82) is 0 Å². The molecule has 1 spiro atoms. The lowest BCUT2D eigenvalue weighted by molar-refractivity contribution is 0.0953. The molecule has 0 amide bonds. The molecule has 1 aromatic rings. The van der Waals surface area contributed by atoms with Gasteiger partial charge in [0, 0.05) is 31.8 Å². The van der Waals surface area contributed by atoms with E-state index in [1.54, 1.807) is 5.56 Å². The van der Waals surface area contributed by atoms with Gasteiger partial charge in [0.05, 0.1) is 6.04 Å². The Morgan fingerprint density at radius 3 is 2.85 bits per heavy atom. The van der Waals surface area contributed by atoms with E-state index in [1.165, 1.54) is 44.1 Å². The van der Waals surface area contributed by atoms with Gasteiger partial charge >= 0.3 is 0 Å². The summed E-state index contributed by atoms with van der Waals surface area (Å²) in [4.78, 5) is 5.38. The van der Waals surface area contributed by atoms with E-state index in [1.807, 2.05) is 0 Å². The first kappa shape index (κ1) is 18.0. The van der Waals surface area contributed by atoms with Crippen molar-refractivity contribution < 1.29 is 4.74 Å². The van der Waals surface area contributed by atoms with Crippen molar-refractivity contribution >= 4 is 13.8 Å². The maximum absolute atomic E-state index is 6.25. The highest BCUT2D eigenvalue weighted by molar-refractivity contribution is 6.76. The second-order valence-corrected chi connectivity index (χ2v) is 15.9. The van der Waals surface area contributed by atoms with Gasteiger partial charge < -0.3 is 9.64 Å². The van der Waals surface area contributed by atoms with Crippen LogP contribution in [0.25, 0.3) is 0 Å². The molecule has 0 unspecified atom stereocenters. The number of hydrogen-bond acceptors (Lipinski definition) is 3. The number of fused-ring (bicyclic) bond motifs is 1. The first-order valence-electron chi connectivity index (χ1n) is 10.9. The maximum Gasteiger partial charge on any atom is 0.119 e. The van der Waals surface area contributed by atoms with Crippen LogP contribution in [0.15, 0.2) is 36.4 Å². The molecule has 0 radical (unpaired) electrons. The van der Waals surface area contributed by atoms with Gasteiger partial charge in [-0.15, -0.1) is 0 Å². The fraction of sp³-hybridized carbons (Fsp3) is 0.652. The highest BCUT2D eigenvalue weighted by Crippen LogP contribution is 2.58. The van der Waals surface area contributed by atoms with Gasteiger partial charge in [0.2, 0.25) is 0 Å². The highest BCUT2D eigenvalue weighted by Gasteiger charge is 2.62. The Kier molecular flexibility index (Phi) is 4.30. The Morgan fingerprint density at radius 2 is 2.00 bits per heavy atom. The zero-order chi connectivity index (χ0) is 18.6. The van der Waals surface area contributed by atoms with Gasteiger partial charge in [-0.1, -0.05) is 50.0 Å². The summed E-state index contributed by atoms with van der Waals surface area (Å²) in [5.74, 6) is 0.735. The molecule has 0 N–H and O–H groups in total. The lowest BCUT2D eigenvalue weighted by Crippen LogP contribution is -2.58. The summed E-state index contributed by atoms with van der Waals surface area (Å²) in [6.07, 6.45) is 9.11. The summed E-state index contributed by atoms with van der Waals surface area (Å²) in [7, 11) is -1.04. The SMILES string of the molecule is C[Si](C)(C)CCOCN1c2ccccc2[C@@]23CCN4CCC[C@@H](C=C[C@H]12)[C@H]43. The van der Waals surface area contributed by atoms with Crippen LogP contribution in [-0.4, -0.2) is 51.5 Å². The predicted octanol–water partition coefficient (Wildman–Crippen LogP) is 4.48. The van der Waals surface area contributed by atoms with Crippen LogP contribution in [0.5, 0.6) is 0 Å². The Bertz CT molecular complexity index is 742. The van der Waals surface area contributed by atoms with Crippen LogP contribution >= 0.6 is 0 Å². The fourth-order valence-electron chi connectivity index (χ4n) is 6.27. The molecular formula is C23H34N2OSi. The van der Waals surface area contributed by atoms with Crippen molar-refractivity contribution in [2.24, 2.45) is 5.92 Å². The second-order valence-electron chi connectivity index (χ2n) is 10.2. The molecule has 4 atom stereocenters. The summed E-state index contributed by atoms with van der Waals surface area (Å²) in [5, 5.41) is 0. The van der Waals surface area contributed by atoms with E-state index in [0.717, 1.165) is 19.3 Å². The minimum Gasteiger partial charge on any atom is -0.361 e. The first-order valence-corrected chi connectivity index (χ1v) is 14.6. The number of piperidine rings is 1. The summed E-state index contributed by atoms with van der Waals surface area (Å²) < 4.78 is 6.25. The molecule has 0 aromatic heterocycles. The second kappa shape index (κ2) is 6.46. The quantitative estimate of drug-likeness (QED) is 0.424. The van der Waals surface area contributed by atoms with Gasteiger partial charge in [-0.05, 0) is 55.9 Å². The van der Waals surface area contributed by atoms with Crippen molar-refractivity contribution in [3.8, 4) is 0 Å². The average Bonchev–Trinajstić information content (AvgIpc) is 3.17. The summed E-state index contributed by atoms with van der Waals surface area (Å²) >= 11 is 0. The smallest absolute Gasteiger partial charge is 0.119 e. The fourth-order valence-corrected chi connectivity index (χ4v) is 7.03. The van der Waals surface area contributed by atoms with Crippen LogP contribution in [0, 0.1) is 5.92 Å². The van der Waals surface area contributed by atoms with Gasteiger partial charge in [-0.3, -0.25) is 4.90 Å². The maximum atomic E-state index is 6.25. The van der Waals surface area contributed by atoms with Gasteiger partial charge in [0.15, 0.2) is 0 Å². The molecule has 4 heteroatoms. The molecule has 146 valence electrons. The molecule has 3 heterocycles. The molecule has 0 saturated carbocycles. The molecule has 5 rings (SSSR count). The van der Waals surface area contributed by atoms with E-state index < -0.39 is 8.07 Å². The Hall–Kier alpha value is -1.10. The van der Waals surface area contributed by atoms with E-state index in [4.69, 9.17) is 4.74 Å². The van der Waals surface area contributed by atoms with Crippen LogP contribution in [0.4, 0.5) is 5.69 Å². The minimum absolute atomic E-state index is 0.276. The average molecular weight is 383 g/mol. The van der Waals surface area contributed by atoms with Crippen molar-refractivity contribution in [3.63, 3.8) is 0 Å². The Labute approximate surface area is 165 Å². The van der Waals surface area contributed by atoms with E-state index in [2.05, 4.69) is 65.9 Å². The summed E-state index contributed by atoms with van der Waals surface area (Å²) in [6.45, 7) is 11.5. The van der Waals surface area contributed by atoms with Crippen molar-refractivity contribution in [3.05, 3.63) is 42.0 Å². The number of hydrogen-bond donors (Lipinski definition) is 0. The molecule has 1 aromatic carbocycles. The third-order valence-corrected chi connectivity index (χ3v) is 9.17. The van der Waals surface area contributed by atoms with E-state index in [9.17, 15) is 0 Å². The minimum atomic E-state index is -1.04. The standard InChI is InChI=1S/C23H34N2OSi/c1-27(2,3)16-15-26-17-25-20-9-5-4-8-19(20)23-12-14-24-13-6-7-18(22(23)24)10-11-21(23)25/h4-5,8-11,18,21-22H,6-7,12-17H2,1-3H3/t18-,21-,22-,23-/m0/s1. The topological polar surface area (TPSA) is 15.7 Å². The zero-order valence-corrected chi connectivity index (χ0v) is 18.2. The van der Waals surface area contributed by atoms with E-state index in [-0.39, 0.29) is 5.41 Å². The third kappa shape index (κ3) is 2.75. The predicted molar refractivity (Wildman–Crippen MR) is 115 cm³/mol. The van der Waals surface area contributed by atoms with Crippen LogP contribution < -0.4 is 4.90 Å².